The fourth-order valence-corrected chi connectivity index (χ4v) is 3.30. The molecule has 0 spiro atoms. The highest BCUT2D eigenvalue weighted by Crippen LogP contribution is 2.25. The summed E-state index contributed by atoms with van der Waals surface area (Å²) in [5.41, 5.74) is 1.74. The number of imidazole rings is 1. The maximum Gasteiger partial charge on any atom is 0.232 e. The minimum absolute atomic E-state index is 0.0859. The molecule has 0 N–H and O–H groups in total. The van der Waals surface area contributed by atoms with Gasteiger partial charge in [0, 0.05) is 11.8 Å². The minimum atomic E-state index is -3.29. The number of hydrogen-bond donors (Lipinski definition) is 0. The Kier molecular flexibility index (Phi) is 2.46. The van der Waals surface area contributed by atoms with Gasteiger partial charge in [0.25, 0.3) is 0 Å². The molecule has 3 rings (SSSR count). The van der Waals surface area contributed by atoms with Gasteiger partial charge in [-0.2, -0.15) is 0 Å². The van der Waals surface area contributed by atoms with Gasteiger partial charge in [0.05, 0.1) is 11.9 Å². The van der Waals surface area contributed by atoms with Crippen LogP contribution in [0.1, 0.15) is 0 Å². The number of nitrogens with zero attached hydrogens (tertiary/aromatic N) is 3. The first-order valence-electron chi connectivity index (χ1n) is 5.16. The smallest absolute Gasteiger partial charge is 0.225 e. The quantitative estimate of drug-likeness (QED) is 0.718. The first-order chi connectivity index (χ1) is 8.55. The van der Waals surface area contributed by atoms with Crippen molar-refractivity contribution >= 4 is 26.1 Å². The molecule has 3 aromatic rings. The van der Waals surface area contributed by atoms with Crippen LogP contribution in [-0.4, -0.2) is 29.3 Å². The van der Waals surface area contributed by atoms with Gasteiger partial charge >= 0.3 is 0 Å². The molecule has 0 aliphatic carbocycles. The molecule has 0 radical (unpaired) electrons. The fourth-order valence-electron chi connectivity index (χ4n) is 1.63. The van der Waals surface area contributed by atoms with Crippen molar-refractivity contribution in [3.63, 3.8) is 0 Å². The Morgan fingerprint density at radius 2 is 1.94 bits per heavy atom. The third-order valence-corrected chi connectivity index (χ3v) is 5.05. The Morgan fingerprint density at radius 3 is 2.61 bits per heavy atom. The second-order valence-corrected chi connectivity index (χ2v) is 6.99. The average molecular weight is 279 g/mol. The Balaban J connectivity index is 2.24. The SMILES string of the molecule is CS(=O)(=O)c1nn2c(-c3ccccc3)cnc2s1. The molecule has 0 atom stereocenters. The molecule has 2 heterocycles. The number of sulfone groups is 1. The van der Waals surface area contributed by atoms with Crippen LogP contribution in [0.25, 0.3) is 16.2 Å². The highest BCUT2D eigenvalue weighted by Gasteiger charge is 2.17. The Bertz CT molecular complexity index is 803. The van der Waals surface area contributed by atoms with Gasteiger partial charge < -0.3 is 0 Å². The van der Waals surface area contributed by atoms with Crippen molar-refractivity contribution in [3.05, 3.63) is 36.5 Å². The van der Waals surface area contributed by atoms with Gasteiger partial charge in [-0.05, 0) is 0 Å². The lowest BCUT2D eigenvalue weighted by atomic mass is 10.2. The molecule has 0 fully saturated rings. The molecule has 92 valence electrons. The molecule has 18 heavy (non-hydrogen) atoms. The van der Waals surface area contributed by atoms with E-state index < -0.39 is 9.84 Å². The monoisotopic (exact) mass is 279 g/mol. The van der Waals surface area contributed by atoms with E-state index in [0.29, 0.717) is 4.96 Å². The van der Waals surface area contributed by atoms with Gasteiger partial charge in [-0.15, -0.1) is 5.10 Å². The summed E-state index contributed by atoms with van der Waals surface area (Å²) >= 11 is 1.07. The zero-order valence-electron chi connectivity index (χ0n) is 9.44. The molecule has 0 aliphatic heterocycles. The number of fused-ring (bicyclic) bond motifs is 1. The van der Waals surface area contributed by atoms with Gasteiger partial charge in [0.2, 0.25) is 19.1 Å². The zero-order valence-corrected chi connectivity index (χ0v) is 11.1. The summed E-state index contributed by atoms with van der Waals surface area (Å²) < 4.78 is 24.6. The topological polar surface area (TPSA) is 64.3 Å². The van der Waals surface area contributed by atoms with Gasteiger partial charge in [0.15, 0.2) is 0 Å². The maximum absolute atomic E-state index is 11.5. The summed E-state index contributed by atoms with van der Waals surface area (Å²) in [6, 6.07) is 9.62. The molecule has 7 heteroatoms. The summed E-state index contributed by atoms with van der Waals surface area (Å²) in [6.07, 6.45) is 2.84. The van der Waals surface area contributed by atoms with Gasteiger partial charge in [-0.25, -0.2) is 17.9 Å². The molecule has 0 amide bonds. The molecule has 0 unspecified atom stereocenters. The Hall–Kier alpha value is -1.73. The first kappa shape index (κ1) is 11.4. The van der Waals surface area contributed by atoms with Crippen molar-refractivity contribution in [2.24, 2.45) is 0 Å². The van der Waals surface area contributed by atoms with Crippen LogP contribution in [0.3, 0.4) is 0 Å². The summed E-state index contributed by atoms with van der Waals surface area (Å²) in [7, 11) is -3.29. The predicted octanol–water partition coefficient (Wildman–Crippen LogP) is 1.86. The van der Waals surface area contributed by atoms with E-state index in [0.717, 1.165) is 28.8 Å². The number of aromatic nitrogens is 3. The molecular weight excluding hydrogens is 270 g/mol. The largest absolute Gasteiger partial charge is 0.232 e. The second kappa shape index (κ2) is 3.89. The van der Waals surface area contributed by atoms with Crippen LogP contribution in [0, 0.1) is 0 Å². The summed E-state index contributed by atoms with van der Waals surface area (Å²) in [4.78, 5) is 4.76. The molecule has 2 aromatic heterocycles. The van der Waals surface area contributed by atoms with Gasteiger partial charge in [-0.1, -0.05) is 41.7 Å². The molecule has 0 saturated carbocycles. The molecule has 0 bridgehead atoms. The molecule has 0 saturated heterocycles. The van der Waals surface area contributed by atoms with Crippen LogP contribution in [0.15, 0.2) is 40.9 Å². The van der Waals surface area contributed by atoms with Crippen LogP contribution in [-0.2, 0) is 9.84 Å². The Morgan fingerprint density at radius 1 is 1.22 bits per heavy atom. The lowest BCUT2D eigenvalue weighted by molar-refractivity contribution is 0.599. The number of benzene rings is 1. The highest BCUT2D eigenvalue weighted by molar-refractivity contribution is 7.92. The molecular formula is C11H9N3O2S2. The van der Waals surface area contributed by atoms with Crippen molar-refractivity contribution in [3.8, 4) is 11.3 Å². The molecule has 5 nitrogen and oxygen atoms in total. The van der Waals surface area contributed by atoms with E-state index in [-0.39, 0.29) is 4.34 Å². The average Bonchev–Trinajstić information content (AvgIpc) is 2.88. The highest BCUT2D eigenvalue weighted by atomic mass is 32.2. The van der Waals surface area contributed by atoms with Crippen LogP contribution in [0.4, 0.5) is 0 Å². The predicted molar refractivity (Wildman–Crippen MR) is 69.4 cm³/mol. The lowest BCUT2D eigenvalue weighted by Crippen LogP contribution is -1.98. The summed E-state index contributed by atoms with van der Waals surface area (Å²) in [5, 5.41) is 4.11. The first-order valence-corrected chi connectivity index (χ1v) is 7.86. The second-order valence-electron chi connectivity index (χ2n) is 3.84. The van der Waals surface area contributed by atoms with Crippen molar-refractivity contribution in [2.75, 3.05) is 6.26 Å². The van der Waals surface area contributed by atoms with Crippen molar-refractivity contribution < 1.29 is 8.42 Å². The van der Waals surface area contributed by atoms with Crippen molar-refractivity contribution in [2.45, 2.75) is 4.34 Å². The van der Waals surface area contributed by atoms with Gasteiger partial charge in [-0.3, -0.25) is 0 Å². The summed E-state index contributed by atoms with van der Waals surface area (Å²) in [5.74, 6) is 0. The van der Waals surface area contributed by atoms with E-state index in [2.05, 4.69) is 10.1 Å². The van der Waals surface area contributed by atoms with Crippen LogP contribution >= 0.6 is 11.3 Å². The number of rotatable bonds is 2. The lowest BCUT2D eigenvalue weighted by Gasteiger charge is -1.96. The molecule has 1 aromatic carbocycles. The van der Waals surface area contributed by atoms with Crippen LogP contribution in [0.5, 0.6) is 0 Å². The number of hydrogen-bond acceptors (Lipinski definition) is 5. The third-order valence-electron chi connectivity index (χ3n) is 2.45. The van der Waals surface area contributed by atoms with E-state index in [4.69, 9.17) is 0 Å². The fraction of sp³-hybridized carbons (Fsp3) is 0.0909. The van der Waals surface area contributed by atoms with E-state index in [1.54, 1.807) is 10.7 Å². The standard InChI is InChI=1S/C11H9N3O2S2/c1-18(15,16)11-13-14-9(7-12-10(14)17-11)8-5-3-2-4-6-8/h2-7H,1H3. The van der Waals surface area contributed by atoms with E-state index in [9.17, 15) is 8.42 Å². The Labute approximate surface area is 108 Å². The zero-order chi connectivity index (χ0) is 12.8. The van der Waals surface area contributed by atoms with Crippen molar-refractivity contribution in [1.82, 2.24) is 14.6 Å². The normalized spacial score (nSPS) is 12.1. The third kappa shape index (κ3) is 1.81. The van der Waals surface area contributed by atoms with Crippen molar-refractivity contribution in [1.29, 1.82) is 0 Å². The van der Waals surface area contributed by atoms with Gasteiger partial charge in [0.1, 0.15) is 0 Å². The van der Waals surface area contributed by atoms with E-state index >= 15 is 0 Å². The van der Waals surface area contributed by atoms with Crippen LogP contribution in [0.2, 0.25) is 0 Å². The molecule has 0 aliphatic rings. The van der Waals surface area contributed by atoms with E-state index in [1.165, 1.54) is 0 Å². The van der Waals surface area contributed by atoms with Crippen LogP contribution < -0.4 is 0 Å². The maximum atomic E-state index is 11.5. The summed E-state index contributed by atoms with van der Waals surface area (Å²) in [6.45, 7) is 0. The van der Waals surface area contributed by atoms with E-state index in [1.807, 2.05) is 30.3 Å². The minimum Gasteiger partial charge on any atom is -0.225 e.